The first-order chi connectivity index (χ1) is 8.06. The Balaban J connectivity index is 2.43. The van der Waals surface area contributed by atoms with E-state index in [9.17, 15) is 9.59 Å². The quantitative estimate of drug-likeness (QED) is 0.644. The number of hydrogen-bond acceptors (Lipinski definition) is 6. The number of aliphatic hydroxyl groups excluding tert-OH is 1. The van der Waals surface area contributed by atoms with Crippen molar-refractivity contribution in [1.82, 2.24) is 14.9 Å². The van der Waals surface area contributed by atoms with Crippen LogP contribution in [-0.2, 0) is 11.2 Å². The highest BCUT2D eigenvalue weighted by Gasteiger charge is 2.16. The molecule has 7 nitrogen and oxygen atoms in total. The number of aliphatic carboxylic acids is 1. The molecule has 17 heavy (non-hydrogen) atoms. The average molecular weight is 259 g/mol. The molecule has 94 valence electrons. The number of amides is 1. The minimum Gasteiger partial charge on any atom is -0.479 e. The Labute approximate surface area is 102 Å². The summed E-state index contributed by atoms with van der Waals surface area (Å²) in [6, 6.07) is 0. The van der Waals surface area contributed by atoms with Crippen molar-refractivity contribution in [2.45, 2.75) is 25.9 Å². The van der Waals surface area contributed by atoms with E-state index in [4.69, 9.17) is 10.2 Å². The third-order valence-electron chi connectivity index (χ3n) is 2.09. The van der Waals surface area contributed by atoms with Crippen LogP contribution in [-0.4, -0.2) is 44.3 Å². The number of carboxylic acid groups (broad SMARTS) is 1. The lowest BCUT2D eigenvalue weighted by Gasteiger charge is -2.06. The van der Waals surface area contributed by atoms with Crippen LogP contribution in [0, 0.1) is 0 Å². The first kappa shape index (κ1) is 13.5. The van der Waals surface area contributed by atoms with E-state index in [0.29, 0.717) is 17.0 Å². The first-order valence-corrected chi connectivity index (χ1v) is 5.83. The van der Waals surface area contributed by atoms with Gasteiger partial charge in [-0.15, -0.1) is 5.10 Å². The van der Waals surface area contributed by atoms with Crippen LogP contribution in [0.1, 0.15) is 28.7 Å². The fourth-order valence-electron chi connectivity index (χ4n) is 1.14. The number of carbonyl (C=O) groups excluding carboxylic acids is 1. The standard InChI is InChI=1S/C9H13N3O4S/c1-2-5-7(17-12-11-5)8(14)10-4-3-6(13)9(15)16/h6,13H,2-4H2,1H3,(H,10,14)(H,15,16)/t6-/m0/s1. The SMILES string of the molecule is CCc1nnsc1C(=O)NCC[C@H](O)C(=O)O. The maximum Gasteiger partial charge on any atom is 0.332 e. The lowest BCUT2D eigenvalue weighted by Crippen LogP contribution is -2.30. The first-order valence-electron chi connectivity index (χ1n) is 5.06. The molecule has 0 aliphatic rings. The Hall–Kier alpha value is -1.54. The average Bonchev–Trinajstić information content (AvgIpc) is 2.76. The van der Waals surface area contributed by atoms with Crippen LogP contribution in [0.3, 0.4) is 0 Å². The van der Waals surface area contributed by atoms with Crippen molar-refractivity contribution in [1.29, 1.82) is 0 Å². The van der Waals surface area contributed by atoms with Crippen molar-refractivity contribution in [2.75, 3.05) is 6.54 Å². The van der Waals surface area contributed by atoms with Gasteiger partial charge in [-0.2, -0.15) is 0 Å². The zero-order valence-corrected chi connectivity index (χ0v) is 10.0. The van der Waals surface area contributed by atoms with E-state index in [1.54, 1.807) is 0 Å². The molecule has 0 aliphatic heterocycles. The van der Waals surface area contributed by atoms with Crippen LogP contribution in [0.5, 0.6) is 0 Å². The van der Waals surface area contributed by atoms with Crippen molar-refractivity contribution >= 4 is 23.4 Å². The third kappa shape index (κ3) is 3.75. The summed E-state index contributed by atoms with van der Waals surface area (Å²) >= 11 is 0.995. The van der Waals surface area contributed by atoms with Crippen molar-refractivity contribution in [2.24, 2.45) is 0 Å². The molecule has 1 aromatic rings. The monoisotopic (exact) mass is 259 g/mol. The third-order valence-corrected chi connectivity index (χ3v) is 2.85. The summed E-state index contributed by atoms with van der Waals surface area (Å²) in [6.45, 7) is 1.95. The summed E-state index contributed by atoms with van der Waals surface area (Å²) in [6.07, 6.45) is -0.883. The summed E-state index contributed by atoms with van der Waals surface area (Å²) in [5.41, 5.74) is 0.617. The van der Waals surface area contributed by atoms with Gasteiger partial charge in [0.05, 0.1) is 5.69 Å². The maximum absolute atomic E-state index is 11.6. The largest absolute Gasteiger partial charge is 0.479 e. The van der Waals surface area contributed by atoms with Gasteiger partial charge in [0.1, 0.15) is 4.88 Å². The van der Waals surface area contributed by atoms with E-state index in [1.807, 2.05) is 6.92 Å². The number of aromatic nitrogens is 2. The van der Waals surface area contributed by atoms with Gasteiger partial charge in [-0.1, -0.05) is 11.4 Å². The lowest BCUT2D eigenvalue weighted by atomic mass is 10.2. The Morgan fingerprint density at radius 1 is 1.53 bits per heavy atom. The van der Waals surface area contributed by atoms with Crippen LogP contribution in [0.15, 0.2) is 0 Å². The molecule has 1 atom stereocenters. The fourth-order valence-corrected chi connectivity index (χ4v) is 1.81. The second kappa shape index (κ2) is 6.26. The molecule has 3 N–H and O–H groups in total. The van der Waals surface area contributed by atoms with Crippen molar-refractivity contribution in [3.8, 4) is 0 Å². The lowest BCUT2D eigenvalue weighted by molar-refractivity contribution is -0.146. The molecule has 0 bridgehead atoms. The predicted octanol–water partition coefficient (Wildman–Crippen LogP) is -0.334. The van der Waals surface area contributed by atoms with Gasteiger partial charge >= 0.3 is 5.97 Å². The van der Waals surface area contributed by atoms with Crippen LogP contribution < -0.4 is 5.32 Å². The summed E-state index contributed by atoms with van der Waals surface area (Å²) < 4.78 is 3.67. The van der Waals surface area contributed by atoms with Crippen molar-refractivity contribution < 1.29 is 19.8 Å². The van der Waals surface area contributed by atoms with Gasteiger partial charge in [0.15, 0.2) is 6.10 Å². The Morgan fingerprint density at radius 2 is 2.24 bits per heavy atom. The van der Waals surface area contributed by atoms with Crippen molar-refractivity contribution in [3.05, 3.63) is 10.6 Å². The van der Waals surface area contributed by atoms with Gasteiger partial charge in [-0.25, -0.2) is 4.79 Å². The molecule has 0 spiro atoms. The second-order valence-electron chi connectivity index (χ2n) is 3.30. The van der Waals surface area contributed by atoms with Crippen LogP contribution in [0.4, 0.5) is 0 Å². The number of aryl methyl sites for hydroxylation is 1. The molecule has 0 unspecified atom stereocenters. The van der Waals surface area contributed by atoms with Gasteiger partial charge < -0.3 is 15.5 Å². The van der Waals surface area contributed by atoms with Gasteiger partial charge in [0.25, 0.3) is 5.91 Å². The second-order valence-corrected chi connectivity index (χ2v) is 4.06. The van der Waals surface area contributed by atoms with E-state index in [1.165, 1.54) is 0 Å². The predicted molar refractivity (Wildman–Crippen MR) is 59.9 cm³/mol. The molecule has 0 saturated carbocycles. The molecule has 0 aliphatic carbocycles. The Morgan fingerprint density at radius 3 is 2.82 bits per heavy atom. The van der Waals surface area contributed by atoms with E-state index in [-0.39, 0.29) is 18.9 Å². The summed E-state index contributed by atoms with van der Waals surface area (Å²) in [7, 11) is 0. The van der Waals surface area contributed by atoms with E-state index in [0.717, 1.165) is 11.5 Å². The Bertz CT molecular complexity index is 407. The van der Waals surface area contributed by atoms with E-state index >= 15 is 0 Å². The highest BCUT2D eigenvalue weighted by atomic mass is 32.1. The smallest absolute Gasteiger partial charge is 0.332 e. The van der Waals surface area contributed by atoms with Crippen LogP contribution >= 0.6 is 11.5 Å². The van der Waals surface area contributed by atoms with Gasteiger partial charge in [0, 0.05) is 13.0 Å². The number of aliphatic hydroxyl groups is 1. The molecule has 0 aromatic carbocycles. The van der Waals surface area contributed by atoms with Gasteiger partial charge in [-0.3, -0.25) is 4.79 Å². The normalized spacial score (nSPS) is 12.1. The van der Waals surface area contributed by atoms with Gasteiger partial charge in [0.2, 0.25) is 0 Å². The molecular weight excluding hydrogens is 246 g/mol. The maximum atomic E-state index is 11.6. The molecule has 1 amide bonds. The summed E-state index contributed by atoms with van der Waals surface area (Å²) in [5, 5.41) is 23.7. The number of nitrogens with one attached hydrogen (secondary N) is 1. The summed E-state index contributed by atoms with van der Waals surface area (Å²) in [5.74, 6) is -1.64. The van der Waals surface area contributed by atoms with Crippen molar-refractivity contribution in [3.63, 3.8) is 0 Å². The summed E-state index contributed by atoms with van der Waals surface area (Å²) in [4.78, 5) is 22.4. The molecule has 1 heterocycles. The minimum absolute atomic E-state index is 0.0330. The Kier molecular flexibility index (Phi) is 4.98. The molecule has 0 saturated heterocycles. The zero-order chi connectivity index (χ0) is 12.8. The molecule has 1 rings (SSSR count). The molecule has 8 heteroatoms. The van der Waals surface area contributed by atoms with Crippen LogP contribution in [0.2, 0.25) is 0 Å². The number of rotatable bonds is 6. The number of carboxylic acids is 1. The van der Waals surface area contributed by atoms with Gasteiger partial charge in [-0.05, 0) is 18.0 Å². The number of hydrogen-bond donors (Lipinski definition) is 3. The highest BCUT2D eigenvalue weighted by molar-refractivity contribution is 7.08. The molecular formula is C9H13N3O4S. The zero-order valence-electron chi connectivity index (χ0n) is 9.21. The fraction of sp³-hybridized carbons (Fsp3) is 0.556. The van der Waals surface area contributed by atoms with Crippen LogP contribution in [0.25, 0.3) is 0 Å². The minimum atomic E-state index is -1.46. The number of carbonyl (C=O) groups is 2. The molecule has 0 fully saturated rings. The highest BCUT2D eigenvalue weighted by Crippen LogP contribution is 2.10. The van der Waals surface area contributed by atoms with E-state index < -0.39 is 12.1 Å². The number of nitrogens with zero attached hydrogens (tertiary/aromatic N) is 2. The molecule has 0 radical (unpaired) electrons. The topological polar surface area (TPSA) is 112 Å². The van der Waals surface area contributed by atoms with E-state index in [2.05, 4.69) is 14.9 Å². The molecule has 1 aromatic heterocycles.